The molecule has 0 spiro atoms. The van der Waals surface area contributed by atoms with Gasteiger partial charge in [0.25, 0.3) is 0 Å². The first-order chi connectivity index (χ1) is 35.1. The van der Waals surface area contributed by atoms with E-state index in [1.165, 1.54) is 14.7 Å². The van der Waals surface area contributed by atoms with Gasteiger partial charge in [-0.15, -0.1) is 0 Å². The Labute approximate surface area is 404 Å². The molecule has 0 aliphatic carbocycles. The number of hydrogen-bond donors (Lipinski definition) is 2. The summed E-state index contributed by atoms with van der Waals surface area (Å²) in [7, 11) is -2.07. The molecule has 9 aromatic rings. The molecule has 0 aliphatic rings. The van der Waals surface area contributed by atoms with Gasteiger partial charge in [-0.1, -0.05) is 238 Å². The van der Waals surface area contributed by atoms with E-state index in [1.54, 1.807) is 12.1 Å². The molecule has 0 amide bonds. The number of benzene rings is 9. The topological polar surface area (TPSA) is 40.5 Å². The summed E-state index contributed by atoms with van der Waals surface area (Å²) in [5.74, 6) is 0. The largest absolute Gasteiger partial charge is 0.488 e. The van der Waals surface area contributed by atoms with E-state index in [-0.39, 0.29) is 64.4 Å². The third-order valence-corrected chi connectivity index (χ3v) is 10.1. The molecule has 6 heteroatoms. The summed E-state index contributed by atoms with van der Waals surface area (Å²) >= 11 is 8.85. The van der Waals surface area contributed by atoms with Crippen molar-refractivity contribution < 1.29 is 29.2 Å². The maximum atomic E-state index is 8.81. The van der Waals surface area contributed by atoms with Crippen LogP contribution in [0.2, 0.25) is 0 Å². The highest BCUT2D eigenvalue weighted by Gasteiger charge is 2.07. The van der Waals surface area contributed by atoms with E-state index in [9.17, 15) is 0 Å². The van der Waals surface area contributed by atoms with Crippen molar-refractivity contribution in [2.24, 2.45) is 0 Å². The second-order valence-corrected chi connectivity index (χ2v) is 15.5. The van der Waals surface area contributed by atoms with Gasteiger partial charge in [0.05, 0.1) is 19.2 Å². The Balaban J connectivity index is 0.000000166. The van der Waals surface area contributed by atoms with Crippen LogP contribution in [0.4, 0.5) is 0 Å². The maximum Gasteiger partial charge on any atom is 0.488 e. The smallest absolute Gasteiger partial charge is 0.423 e. The lowest BCUT2D eigenvalue weighted by atomic mass is 9.81. The van der Waals surface area contributed by atoms with Crippen molar-refractivity contribution in [1.29, 1.82) is 0 Å². The summed E-state index contributed by atoms with van der Waals surface area (Å²) in [5, 5.41) is 17.6. The van der Waals surface area contributed by atoms with Crippen LogP contribution in [0.1, 0.15) is 19.2 Å². The summed E-state index contributed by atoms with van der Waals surface area (Å²) in [6.45, 7) is 0. The highest BCUT2D eigenvalue weighted by Crippen LogP contribution is 2.28. The number of rotatable bonds is 6. The van der Waals surface area contributed by atoms with Gasteiger partial charge in [-0.2, -0.15) is 0 Å². The minimum atomic E-state index is -2.07. The lowest BCUT2D eigenvalue weighted by Crippen LogP contribution is -2.29. The molecule has 0 unspecified atom stereocenters. The molecule has 9 rings (SSSR count). The Morgan fingerprint density at radius 2 is 0.650 bits per heavy atom. The molecule has 0 heterocycles. The maximum absolute atomic E-state index is 8.81. The van der Waals surface area contributed by atoms with Crippen LogP contribution in [0.25, 0.3) is 55.6 Å². The van der Waals surface area contributed by atoms with Gasteiger partial charge in [0.15, 0.2) is 0 Å². The second-order valence-electron chi connectivity index (χ2n) is 12.5. The summed E-state index contributed by atoms with van der Waals surface area (Å²) < 4.78 is 110. The van der Waals surface area contributed by atoms with Crippen LogP contribution in [0.15, 0.2) is 251 Å². The molecule has 0 saturated carbocycles. The van der Waals surface area contributed by atoms with Crippen LogP contribution >= 0.6 is 54.5 Å². The van der Waals surface area contributed by atoms with E-state index in [4.69, 9.17) is 29.2 Å². The van der Waals surface area contributed by atoms with E-state index < -0.39 is 42.8 Å². The Hall–Kier alpha value is -5.35. The molecule has 0 aliphatic heterocycles. The Bertz CT molecular complexity index is 3330. The summed E-state index contributed by atoms with van der Waals surface area (Å²) in [6.07, 6.45) is 0. The zero-order valence-corrected chi connectivity index (χ0v) is 36.9. The van der Waals surface area contributed by atoms with Gasteiger partial charge in [0, 0.05) is 12.5 Å². The first-order valence-corrected chi connectivity index (χ1v) is 20.9. The lowest BCUT2D eigenvalue weighted by molar-refractivity contribution is 0.426. The van der Waals surface area contributed by atoms with Gasteiger partial charge in [-0.25, -0.2) is 0 Å². The van der Waals surface area contributed by atoms with Crippen molar-refractivity contribution in [2.75, 3.05) is 0 Å². The van der Waals surface area contributed by atoms with E-state index in [0.717, 1.165) is 26.7 Å². The molecule has 2 nitrogen and oxygen atoms in total. The summed E-state index contributed by atoms with van der Waals surface area (Å²) in [6, 6.07) is 47.2. The third kappa shape index (κ3) is 13.9. The quantitative estimate of drug-likeness (QED) is 0.129. The van der Waals surface area contributed by atoms with Crippen molar-refractivity contribution in [3.05, 3.63) is 255 Å². The average molecular weight is 1030 g/mol. The molecule has 0 aromatic heterocycles. The Morgan fingerprint density at radius 3 is 1.05 bits per heavy atom. The molecule has 0 bridgehead atoms. The fourth-order valence-corrected chi connectivity index (χ4v) is 6.25. The van der Waals surface area contributed by atoms with E-state index in [0.29, 0.717) is 16.7 Å². The van der Waals surface area contributed by atoms with Crippen molar-refractivity contribution in [1.82, 2.24) is 0 Å². The van der Waals surface area contributed by atoms with Crippen molar-refractivity contribution in [3.63, 3.8) is 0 Å². The van der Waals surface area contributed by atoms with Gasteiger partial charge in [-0.3, -0.25) is 0 Å². The zero-order valence-electron chi connectivity index (χ0n) is 45.6. The molecular formula is C54H42BBr2IO2. The van der Waals surface area contributed by atoms with Crippen LogP contribution in [0.5, 0.6) is 0 Å². The van der Waals surface area contributed by atoms with Gasteiger partial charge in [0.1, 0.15) is 0 Å². The van der Waals surface area contributed by atoms with Crippen molar-refractivity contribution >= 4 is 67.0 Å². The minimum Gasteiger partial charge on any atom is -0.423 e. The van der Waals surface area contributed by atoms with Crippen LogP contribution in [0, 0.1) is 3.57 Å². The molecule has 9 aromatic carbocycles. The third-order valence-electron chi connectivity index (χ3n) is 8.46. The summed E-state index contributed by atoms with van der Waals surface area (Å²) in [5.41, 5.74) is 8.06. The van der Waals surface area contributed by atoms with Crippen LogP contribution < -0.4 is 5.46 Å². The average Bonchev–Trinajstić information content (AvgIpc) is 3.41. The number of hydrogen-bond acceptors (Lipinski definition) is 2. The van der Waals surface area contributed by atoms with Crippen LogP contribution in [0.3, 0.4) is 0 Å². The van der Waals surface area contributed by atoms with Crippen molar-refractivity contribution in [2.45, 2.75) is 0 Å². The fourth-order valence-electron chi connectivity index (χ4n) is 5.43. The van der Waals surface area contributed by atoms with Crippen LogP contribution in [-0.4, -0.2) is 17.2 Å². The van der Waals surface area contributed by atoms with Gasteiger partial charge in [0.2, 0.25) is 0 Å². The van der Waals surface area contributed by atoms with Gasteiger partial charge >= 0.3 is 7.12 Å². The highest BCUT2D eigenvalue weighted by atomic mass is 127. The van der Waals surface area contributed by atoms with E-state index >= 15 is 0 Å². The molecule has 60 heavy (non-hydrogen) atoms. The Kier molecular flexibility index (Phi) is 11.3. The van der Waals surface area contributed by atoms with Crippen LogP contribution in [-0.2, 0) is 0 Å². The molecular weight excluding hydrogens is 978 g/mol. The first kappa shape index (κ1) is 29.0. The lowest BCUT2D eigenvalue weighted by Gasteiger charge is -2.05. The molecule has 2 N–H and O–H groups in total. The predicted octanol–water partition coefficient (Wildman–Crippen LogP) is 14.9. The highest BCUT2D eigenvalue weighted by molar-refractivity contribution is 14.1. The molecule has 0 saturated heterocycles. The zero-order chi connectivity index (χ0) is 54.1. The van der Waals surface area contributed by atoms with E-state index in [1.807, 2.05) is 97.1 Å². The summed E-state index contributed by atoms with van der Waals surface area (Å²) in [4.78, 5) is 0. The fraction of sp³-hybridized carbons (Fsp3) is 0. The SMILES string of the molecule is Ic1ccc(-c2ccccc2)cc1.[2H]c1c([2H])c(-c2ccc(-c3ccc(Br)cc3)cc2)c([2H])c([2H])c1Br.[2H]c1c([2H])c([2H])c(-c2ccc(-c3ccccc3)cc2)c([2H])c1[2H].[2H]c1c([2H])c([2H])c(B(O)O)c([2H])c1[2H]. The van der Waals surface area contributed by atoms with E-state index in [2.05, 4.69) is 103 Å². The monoisotopic (exact) mass is 1030 g/mol. The first-order valence-electron chi connectivity index (χ1n) is 25.2. The predicted molar refractivity (Wildman–Crippen MR) is 271 cm³/mol. The normalized spacial score (nSPS) is 13.3. The molecule has 0 fully saturated rings. The number of halogens is 3. The minimum absolute atomic E-state index is 0.0423. The standard InChI is InChI=1S/C18H12Br2.C18H14.C12H9I.C6H7BO2/c19-17-9-5-15(6-10-17)13-1-2-14(4-3-13)16-7-11-18(20)12-8-16;1-3-7-15(8-4-1)17-11-13-18(14-12-17)16-9-5-2-6-10-16;13-12-8-6-11(7-9-12)10-4-2-1-3-5-10;8-7(9)6-4-2-1-3-5-6/h1-12H;1-14H;1-9H;1-5,8-9H/i5D,6D,9D,10D;1D,3D,4D,7D,8D;;1D,2D,3D,4D,5D. The van der Waals surface area contributed by atoms with Gasteiger partial charge in [-0.05, 0) is 120 Å². The van der Waals surface area contributed by atoms with Crippen molar-refractivity contribution in [3.8, 4) is 55.6 Å². The van der Waals surface area contributed by atoms with Gasteiger partial charge < -0.3 is 10.0 Å². The molecule has 0 radical (unpaired) electrons. The second kappa shape index (κ2) is 23.4. The molecule has 0 atom stereocenters. The Morgan fingerprint density at radius 1 is 0.333 bits per heavy atom. The molecule has 294 valence electrons.